The van der Waals surface area contributed by atoms with Crippen LogP contribution in [0.5, 0.6) is 0 Å². The molecular formula is C10H8F2O2. The Hall–Kier alpha value is -1.42. The van der Waals surface area contributed by atoms with Crippen molar-refractivity contribution in [3.63, 3.8) is 0 Å². The van der Waals surface area contributed by atoms with Crippen LogP contribution in [-0.2, 0) is 6.42 Å². The zero-order valence-corrected chi connectivity index (χ0v) is 7.26. The van der Waals surface area contributed by atoms with Crippen molar-refractivity contribution in [3.05, 3.63) is 35.6 Å². The maximum absolute atomic E-state index is 13.5. The van der Waals surface area contributed by atoms with E-state index < -0.39 is 11.6 Å². The summed E-state index contributed by atoms with van der Waals surface area (Å²) in [6.07, 6.45) is 1.27. The van der Waals surface area contributed by atoms with Crippen molar-refractivity contribution in [2.75, 3.05) is 6.61 Å². The number of aliphatic hydroxyl groups is 1. The van der Waals surface area contributed by atoms with E-state index >= 15 is 0 Å². The van der Waals surface area contributed by atoms with Crippen molar-refractivity contribution in [1.82, 2.24) is 0 Å². The molecule has 0 spiro atoms. The molecule has 4 heteroatoms. The van der Waals surface area contributed by atoms with Gasteiger partial charge >= 0.3 is 0 Å². The molecule has 2 nitrogen and oxygen atoms in total. The van der Waals surface area contributed by atoms with Crippen molar-refractivity contribution in [1.29, 1.82) is 0 Å². The largest absolute Gasteiger partial charge is 0.464 e. The molecule has 0 saturated carbocycles. The molecule has 1 heterocycles. The number of rotatable bonds is 2. The second kappa shape index (κ2) is 3.38. The molecule has 0 aliphatic heterocycles. The third-order valence-electron chi connectivity index (χ3n) is 2.10. The van der Waals surface area contributed by atoms with Crippen LogP contribution in [-0.4, -0.2) is 11.7 Å². The number of aliphatic hydroxyl groups excluding tert-OH is 1. The van der Waals surface area contributed by atoms with Crippen molar-refractivity contribution in [3.8, 4) is 0 Å². The van der Waals surface area contributed by atoms with Gasteiger partial charge in [0.25, 0.3) is 0 Å². The van der Waals surface area contributed by atoms with Gasteiger partial charge in [-0.15, -0.1) is 0 Å². The zero-order chi connectivity index (χ0) is 10.1. The molecule has 0 fully saturated rings. The van der Waals surface area contributed by atoms with Crippen LogP contribution in [0.4, 0.5) is 8.78 Å². The van der Waals surface area contributed by atoms with E-state index in [-0.39, 0.29) is 29.6 Å². The minimum absolute atomic E-state index is 0.0290. The minimum Gasteiger partial charge on any atom is -0.464 e. The molecule has 1 aromatic carbocycles. The molecule has 0 saturated heterocycles. The molecule has 0 unspecified atom stereocenters. The number of hydrogen-bond acceptors (Lipinski definition) is 2. The predicted molar refractivity (Wildman–Crippen MR) is 46.9 cm³/mol. The highest BCUT2D eigenvalue weighted by Gasteiger charge is 2.14. The highest BCUT2D eigenvalue weighted by Crippen LogP contribution is 2.24. The van der Waals surface area contributed by atoms with Gasteiger partial charge in [0.15, 0.2) is 0 Å². The molecule has 2 aromatic rings. The standard InChI is InChI=1S/C10H8F2O2/c11-8-5-9-7(2-4-14-9)10(12)6(8)1-3-13/h2,4-5,13H,1,3H2. The van der Waals surface area contributed by atoms with Gasteiger partial charge in [-0.2, -0.15) is 0 Å². The summed E-state index contributed by atoms with van der Waals surface area (Å²) in [4.78, 5) is 0. The molecule has 0 aliphatic carbocycles. The Morgan fingerprint density at radius 2 is 2.14 bits per heavy atom. The van der Waals surface area contributed by atoms with Crippen LogP contribution >= 0.6 is 0 Å². The van der Waals surface area contributed by atoms with Gasteiger partial charge in [0.1, 0.15) is 17.2 Å². The van der Waals surface area contributed by atoms with Crippen LogP contribution in [0.25, 0.3) is 11.0 Å². The van der Waals surface area contributed by atoms with Crippen molar-refractivity contribution in [2.24, 2.45) is 0 Å². The molecule has 0 radical (unpaired) electrons. The third kappa shape index (κ3) is 1.28. The van der Waals surface area contributed by atoms with Gasteiger partial charge in [-0.25, -0.2) is 8.78 Å². The summed E-state index contributed by atoms with van der Waals surface area (Å²) in [6.45, 7) is -0.281. The van der Waals surface area contributed by atoms with Crippen LogP contribution in [0, 0.1) is 11.6 Å². The summed E-state index contributed by atoms with van der Waals surface area (Å²) in [5.74, 6) is -1.33. The van der Waals surface area contributed by atoms with E-state index in [2.05, 4.69) is 0 Å². The second-order valence-corrected chi connectivity index (χ2v) is 2.96. The maximum atomic E-state index is 13.5. The van der Waals surface area contributed by atoms with E-state index in [1.54, 1.807) is 0 Å². The molecule has 1 N–H and O–H groups in total. The molecule has 0 amide bonds. The molecule has 2 rings (SSSR count). The lowest BCUT2D eigenvalue weighted by Gasteiger charge is -2.03. The average molecular weight is 198 g/mol. The minimum atomic E-state index is -0.681. The number of fused-ring (bicyclic) bond motifs is 1. The van der Waals surface area contributed by atoms with Crippen molar-refractivity contribution in [2.45, 2.75) is 6.42 Å². The number of benzene rings is 1. The Morgan fingerprint density at radius 3 is 2.86 bits per heavy atom. The van der Waals surface area contributed by atoms with E-state index in [1.807, 2.05) is 0 Å². The summed E-state index contributed by atoms with van der Waals surface area (Å²) in [7, 11) is 0. The van der Waals surface area contributed by atoms with E-state index in [0.29, 0.717) is 0 Å². The first-order chi connectivity index (χ1) is 6.74. The molecule has 0 bridgehead atoms. The molecule has 0 aliphatic rings. The highest BCUT2D eigenvalue weighted by atomic mass is 19.1. The molecule has 74 valence electrons. The smallest absolute Gasteiger partial charge is 0.140 e. The van der Waals surface area contributed by atoms with E-state index in [4.69, 9.17) is 9.52 Å². The van der Waals surface area contributed by atoms with Gasteiger partial charge in [0.2, 0.25) is 0 Å². The topological polar surface area (TPSA) is 33.4 Å². The first-order valence-corrected chi connectivity index (χ1v) is 4.19. The fourth-order valence-electron chi connectivity index (χ4n) is 1.42. The summed E-state index contributed by atoms with van der Waals surface area (Å²) in [6, 6.07) is 2.56. The lowest BCUT2D eigenvalue weighted by Crippen LogP contribution is -1.99. The van der Waals surface area contributed by atoms with Crippen LogP contribution in [0.2, 0.25) is 0 Å². The normalized spacial score (nSPS) is 11.1. The summed E-state index contributed by atoms with van der Waals surface area (Å²) in [5.41, 5.74) is 0.0862. The van der Waals surface area contributed by atoms with Gasteiger partial charge in [0, 0.05) is 24.7 Å². The first kappa shape index (κ1) is 9.15. The fraction of sp³-hybridized carbons (Fsp3) is 0.200. The van der Waals surface area contributed by atoms with E-state index in [1.165, 1.54) is 12.3 Å². The van der Waals surface area contributed by atoms with E-state index in [0.717, 1.165) is 6.07 Å². The Labute approximate surface area is 78.8 Å². The fourth-order valence-corrected chi connectivity index (χ4v) is 1.42. The van der Waals surface area contributed by atoms with Gasteiger partial charge in [-0.1, -0.05) is 0 Å². The van der Waals surface area contributed by atoms with Crippen LogP contribution in [0.1, 0.15) is 5.56 Å². The van der Waals surface area contributed by atoms with Crippen molar-refractivity contribution >= 4 is 11.0 Å². The highest BCUT2D eigenvalue weighted by molar-refractivity contribution is 5.78. The molecule has 1 aromatic heterocycles. The summed E-state index contributed by atoms with van der Waals surface area (Å²) >= 11 is 0. The maximum Gasteiger partial charge on any atom is 0.140 e. The Morgan fingerprint density at radius 1 is 1.36 bits per heavy atom. The third-order valence-corrected chi connectivity index (χ3v) is 2.10. The number of hydrogen-bond donors (Lipinski definition) is 1. The van der Waals surface area contributed by atoms with Crippen molar-refractivity contribution < 1.29 is 18.3 Å². The summed E-state index contributed by atoms with van der Waals surface area (Å²) < 4.78 is 31.6. The lowest BCUT2D eigenvalue weighted by atomic mass is 10.1. The predicted octanol–water partition coefficient (Wildman–Crippen LogP) is 2.25. The Kier molecular flexibility index (Phi) is 2.21. The Balaban J connectivity index is 2.69. The lowest BCUT2D eigenvalue weighted by molar-refractivity contribution is 0.295. The molecular weight excluding hydrogens is 190 g/mol. The Bertz CT molecular complexity index is 462. The van der Waals surface area contributed by atoms with Gasteiger partial charge in [-0.05, 0) is 6.07 Å². The average Bonchev–Trinajstić information content (AvgIpc) is 2.60. The van der Waals surface area contributed by atoms with Gasteiger partial charge in [-0.3, -0.25) is 0 Å². The number of halogens is 2. The number of furan rings is 1. The van der Waals surface area contributed by atoms with E-state index in [9.17, 15) is 8.78 Å². The monoisotopic (exact) mass is 198 g/mol. The van der Waals surface area contributed by atoms with Crippen LogP contribution < -0.4 is 0 Å². The van der Waals surface area contributed by atoms with Gasteiger partial charge in [0.05, 0.1) is 11.6 Å². The van der Waals surface area contributed by atoms with Crippen LogP contribution in [0.15, 0.2) is 22.8 Å². The second-order valence-electron chi connectivity index (χ2n) is 2.96. The first-order valence-electron chi connectivity index (χ1n) is 4.19. The quantitative estimate of drug-likeness (QED) is 0.802. The van der Waals surface area contributed by atoms with Crippen LogP contribution in [0.3, 0.4) is 0 Å². The zero-order valence-electron chi connectivity index (χ0n) is 7.26. The van der Waals surface area contributed by atoms with Gasteiger partial charge < -0.3 is 9.52 Å². The SMILES string of the molecule is OCCc1c(F)cc2occc2c1F. The molecule has 14 heavy (non-hydrogen) atoms. The molecule has 0 atom stereocenters. The summed E-state index contributed by atoms with van der Waals surface area (Å²) in [5, 5.41) is 8.88.